The van der Waals surface area contributed by atoms with Gasteiger partial charge in [-0.2, -0.15) is 0 Å². The highest BCUT2D eigenvalue weighted by Crippen LogP contribution is 2.00. The van der Waals surface area contributed by atoms with Crippen molar-refractivity contribution in [3.05, 3.63) is 0 Å². The largest absolute Gasteiger partial charge is 0.386 e. The Morgan fingerprint density at radius 3 is 2.00 bits per heavy atom. The van der Waals surface area contributed by atoms with Gasteiger partial charge < -0.3 is 20.3 Å². The van der Waals surface area contributed by atoms with Gasteiger partial charge in [0.1, 0.15) is 6.10 Å². The molecule has 0 aliphatic carbocycles. The Hall–Kier alpha value is -0.160. The van der Waals surface area contributed by atoms with Crippen LogP contribution in [0, 0.1) is 0 Å². The second kappa shape index (κ2) is 6.54. The van der Waals surface area contributed by atoms with E-state index in [1.807, 2.05) is 13.8 Å². The van der Waals surface area contributed by atoms with Crippen LogP contribution in [0.3, 0.4) is 0 Å². The molecule has 0 aromatic carbocycles. The molecule has 0 aromatic rings. The normalized spacial score (nSPS) is 13.9. The summed E-state index contributed by atoms with van der Waals surface area (Å²) in [5.74, 6) is 0. The fourth-order valence-corrected chi connectivity index (χ4v) is 0.710. The molecule has 4 nitrogen and oxygen atoms in total. The summed E-state index contributed by atoms with van der Waals surface area (Å²) in [5.41, 5.74) is 5.22. The van der Waals surface area contributed by atoms with Crippen molar-refractivity contribution in [1.82, 2.24) is 0 Å². The average Bonchev–Trinajstić information content (AvgIpc) is 2.03. The number of hydrogen-bond donors (Lipinski definition) is 2. The van der Waals surface area contributed by atoms with Crippen LogP contribution in [0.4, 0.5) is 0 Å². The fraction of sp³-hybridized carbons (Fsp3) is 1.00. The zero-order chi connectivity index (χ0) is 8.69. The van der Waals surface area contributed by atoms with Gasteiger partial charge in [-0.1, -0.05) is 0 Å². The van der Waals surface area contributed by atoms with Gasteiger partial charge in [-0.05, 0) is 13.8 Å². The molecule has 0 aromatic heterocycles. The van der Waals surface area contributed by atoms with Crippen LogP contribution in [0.15, 0.2) is 0 Å². The summed E-state index contributed by atoms with van der Waals surface area (Å²) in [4.78, 5) is 0. The van der Waals surface area contributed by atoms with E-state index in [-0.39, 0.29) is 6.54 Å². The number of aliphatic hydroxyl groups excluding tert-OH is 1. The fourth-order valence-electron chi connectivity index (χ4n) is 0.710. The molecule has 0 saturated carbocycles. The van der Waals surface area contributed by atoms with Crippen LogP contribution in [0.5, 0.6) is 0 Å². The second-order valence-corrected chi connectivity index (χ2v) is 2.08. The molecule has 4 heteroatoms. The van der Waals surface area contributed by atoms with Crippen molar-refractivity contribution in [2.45, 2.75) is 26.2 Å². The van der Waals surface area contributed by atoms with Crippen LogP contribution in [-0.4, -0.2) is 37.3 Å². The van der Waals surface area contributed by atoms with Crippen LogP contribution in [0.25, 0.3) is 0 Å². The van der Waals surface area contributed by atoms with Crippen molar-refractivity contribution >= 4 is 0 Å². The topological polar surface area (TPSA) is 64.7 Å². The molecule has 68 valence electrons. The van der Waals surface area contributed by atoms with Crippen molar-refractivity contribution in [3.8, 4) is 0 Å². The quantitative estimate of drug-likeness (QED) is 0.528. The Balaban J connectivity index is 3.66. The first-order valence-corrected chi connectivity index (χ1v) is 3.87. The zero-order valence-electron chi connectivity index (χ0n) is 7.12. The van der Waals surface area contributed by atoms with E-state index in [2.05, 4.69) is 0 Å². The lowest BCUT2D eigenvalue weighted by Crippen LogP contribution is -2.37. The van der Waals surface area contributed by atoms with E-state index in [0.29, 0.717) is 13.2 Å². The molecular weight excluding hydrogens is 146 g/mol. The maximum atomic E-state index is 9.20. The molecular formula is C7H17NO3. The third-order valence-corrected chi connectivity index (χ3v) is 1.22. The van der Waals surface area contributed by atoms with Gasteiger partial charge in [0.25, 0.3) is 0 Å². The number of ether oxygens (including phenoxy) is 2. The minimum Gasteiger partial charge on any atom is -0.386 e. The lowest BCUT2D eigenvalue weighted by atomic mass is 10.3. The molecule has 0 bridgehead atoms. The highest BCUT2D eigenvalue weighted by atomic mass is 16.7. The summed E-state index contributed by atoms with van der Waals surface area (Å²) < 4.78 is 10.2. The maximum absolute atomic E-state index is 9.20. The van der Waals surface area contributed by atoms with E-state index >= 15 is 0 Å². The van der Waals surface area contributed by atoms with Crippen molar-refractivity contribution < 1.29 is 14.6 Å². The van der Waals surface area contributed by atoms with Crippen LogP contribution in [0.2, 0.25) is 0 Å². The Labute approximate surface area is 67.3 Å². The Morgan fingerprint density at radius 2 is 1.73 bits per heavy atom. The molecule has 1 unspecified atom stereocenters. The second-order valence-electron chi connectivity index (χ2n) is 2.08. The molecule has 0 rings (SSSR count). The highest BCUT2D eigenvalue weighted by molar-refractivity contribution is 4.59. The molecule has 0 spiro atoms. The molecule has 0 radical (unpaired) electrons. The predicted octanol–water partition coefficient (Wildman–Crippen LogP) is -0.295. The van der Waals surface area contributed by atoms with E-state index in [0.717, 1.165) is 0 Å². The lowest BCUT2D eigenvalue weighted by molar-refractivity contribution is -0.186. The Morgan fingerprint density at radius 1 is 1.27 bits per heavy atom. The zero-order valence-corrected chi connectivity index (χ0v) is 7.12. The van der Waals surface area contributed by atoms with Gasteiger partial charge in [-0.25, -0.2) is 0 Å². The van der Waals surface area contributed by atoms with E-state index < -0.39 is 12.4 Å². The number of nitrogens with two attached hydrogens (primary N) is 1. The Bertz CT molecular complexity index is 83.8. The number of aliphatic hydroxyl groups is 1. The molecule has 0 saturated heterocycles. The number of rotatable bonds is 6. The molecule has 0 heterocycles. The van der Waals surface area contributed by atoms with Crippen molar-refractivity contribution in [3.63, 3.8) is 0 Å². The third-order valence-electron chi connectivity index (χ3n) is 1.22. The first-order chi connectivity index (χ1) is 5.26. The van der Waals surface area contributed by atoms with Gasteiger partial charge in [-0.3, -0.25) is 0 Å². The standard InChI is InChI=1S/C7H17NO3/c1-3-10-7(11-4-2)6(9)5-8/h6-7,9H,3-5,8H2,1-2H3. The van der Waals surface area contributed by atoms with Gasteiger partial charge in [0.05, 0.1) is 0 Å². The molecule has 0 aliphatic rings. The minimum atomic E-state index is -0.727. The van der Waals surface area contributed by atoms with Gasteiger partial charge in [0, 0.05) is 19.8 Å². The SMILES string of the molecule is CCOC(OCC)C(O)CN. The first-order valence-electron chi connectivity index (χ1n) is 3.87. The van der Waals surface area contributed by atoms with E-state index in [1.54, 1.807) is 0 Å². The van der Waals surface area contributed by atoms with Crippen molar-refractivity contribution in [1.29, 1.82) is 0 Å². The van der Waals surface area contributed by atoms with E-state index in [9.17, 15) is 5.11 Å². The summed E-state index contributed by atoms with van der Waals surface area (Å²) in [6.45, 7) is 4.87. The molecule has 0 amide bonds. The molecule has 11 heavy (non-hydrogen) atoms. The van der Waals surface area contributed by atoms with Crippen LogP contribution < -0.4 is 5.73 Å². The summed E-state index contributed by atoms with van der Waals surface area (Å²) in [6, 6.07) is 0. The smallest absolute Gasteiger partial charge is 0.184 e. The third kappa shape index (κ3) is 4.31. The van der Waals surface area contributed by atoms with Crippen molar-refractivity contribution in [2.24, 2.45) is 5.73 Å². The van der Waals surface area contributed by atoms with Gasteiger partial charge in [-0.15, -0.1) is 0 Å². The molecule has 0 fully saturated rings. The van der Waals surface area contributed by atoms with Gasteiger partial charge in [0.15, 0.2) is 6.29 Å². The van der Waals surface area contributed by atoms with E-state index in [1.165, 1.54) is 0 Å². The summed E-state index contributed by atoms with van der Waals surface area (Å²) in [6.07, 6.45) is -1.30. The summed E-state index contributed by atoms with van der Waals surface area (Å²) in [5, 5.41) is 9.20. The van der Waals surface area contributed by atoms with Crippen molar-refractivity contribution in [2.75, 3.05) is 19.8 Å². The number of hydrogen-bond acceptors (Lipinski definition) is 4. The van der Waals surface area contributed by atoms with Crippen LogP contribution in [-0.2, 0) is 9.47 Å². The molecule has 1 atom stereocenters. The first kappa shape index (κ1) is 10.8. The average molecular weight is 163 g/mol. The maximum Gasteiger partial charge on any atom is 0.184 e. The molecule has 0 aliphatic heterocycles. The monoisotopic (exact) mass is 163 g/mol. The summed E-state index contributed by atoms with van der Waals surface area (Å²) >= 11 is 0. The molecule has 3 N–H and O–H groups in total. The Kier molecular flexibility index (Phi) is 6.45. The summed E-state index contributed by atoms with van der Waals surface area (Å²) in [7, 11) is 0. The van der Waals surface area contributed by atoms with Gasteiger partial charge >= 0.3 is 0 Å². The lowest BCUT2D eigenvalue weighted by Gasteiger charge is -2.20. The highest BCUT2D eigenvalue weighted by Gasteiger charge is 2.17. The van der Waals surface area contributed by atoms with Crippen LogP contribution >= 0.6 is 0 Å². The minimum absolute atomic E-state index is 0.157. The van der Waals surface area contributed by atoms with Crippen LogP contribution in [0.1, 0.15) is 13.8 Å². The predicted molar refractivity (Wildman–Crippen MR) is 42.1 cm³/mol. The van der Waals surface area contributed by atoms with E-state index in [4.69, 9.17) is 15.2 Å². The van der Waals surface area contributed by atoms with Gasteiger partial charge in [0.2, 0.25) is 0 Å².